The third-order valence-electron chi connectivity index (χ3n) is 5.37. The van der Waals surface area contributed by atoms with Gasteiger partial charge in [-0.2, -0.15) is 0 Å². The molecule has 0 aromatic rings. The molecule has 148 valence electrons. The fourth-order valence-corrected chi connectivity index (χ4v) is 3.99. The van der Waals surface area contributed by atoms with E-state index >= 15 is 0 Å². The first kappa shape index (κ1) is 24.5. The highest BCUT2D eigenvalue weighted by molar-refractivity contribution is 5.00. The molecule has 0 aliphatic rings. The molecule has 0 fully saturated rings. The van der Waals surface area contributed by atoms with Crippen LogP contribution in [0.5, 0.6) is 0 Å². The molecule has 0 heteroatoms. The molecule has 25 heavy (non-hydrogen) atoms. The van der Waals surface area contributed by atoms with Crippen molar-refractivity contribution in [2.75, 3.05) is 0 Å². The minimum atomic E-state index is 0.781. The molecule has 0 aromatic carbocycles. The molecule has 0 aromatic heterocycles. The molecule has 0 saturated heterocycles. The Hall–Kier alpha value is -0.520. The maximum atomic E-state index is 4.43. The van der Waals surface area contributed by atoms with E-state index in [0.29, 0.717) is 0 Å². The summed E-state index contributed by atoms with van der Waals surface area (Å²) in [7, 11) is 0. The largest absolute Gasteiger partial charge is 0.100 e. The second-order valence-corrected chi connectivity index (χ2v) is 8.70. The van der Waals surface area contributed by atoms with Gasteiger partial charge in [0.2, 0.25) is 0 Å². The van der Waals surface area contributed by atoms with Gasteiger partial charge in [0.25, 0.3) is 0 Å². The van der Waals surface area contributed by atoms with Crippen LogP contribution in [-0.2, 0) is 0 Å². The van der Waals surface area contributed by atoms with Crippen molar-refractivity contribution in [2.24, 2.45) is 11.8 Å². The summed E-state index contributed by atoms with van der Waals surface area (Å²) in [6.45, 7) is 17.8. The zero-order valence-corrected chi connectivity index (χ0v) is 18.2. The summed E-state index contributed by atoms with van der Waals surface area (Å²) in [6.07, 6.45) is 20.3. The number of allylic oxidation sites excluding steroid dienone is 2. The van der Waals surface area contributed by atoms with E-state index in [9.17, 15) is 0 Å². The predicted octanol–water partition coefficient (Wildman–Crippen LogP) is 9.26. The standard InChI is InChI=1S/C25H48/c1-7-9-11-13-15-17-23(5)20-24(6)21-25(19-22(3)4)18-16-14-12-10-8-2/h23,25H,3,6-21H2,1-2,4-5H3. The van der Waals surface area contributed by atoms with Crippen LogP contribution in [0.2, 0.25) is 0 Å². The minimum Gasteiger partial charge on any atom is -0.100 e. The Morgan fingerprint density at radius 1 is 0.680 bits per heavy atom. The molecule has 2 atom stereocenters. The van der Waals surface area contributed by atoms with Crippen LogP contribution in [-0.4, -0.2) is 0 Å². The van der Waals surface area contributed by atoms with Gasteiger partial charge in [0.1, 0.15) is 0 Å². The van der Waals surface area contributed by atoms with Crippen molar-refractivity contribution in [3.63, 3.8) is 0 Å². The van der Waals surface area contributed by atoms with E-state index in [1.54, 1.807) is 0 Å². The summed E-state index contributed by atoms with van der Waals surface area (Å²) >= 11 is 0. The van der Waals surface area contributed by atoms with E-state index in [-0.39, 0.29) is 0 Å². The predicted molar refractivity (Wildman–Crippen MR) is 117 cm³/mol. The quantitative estimate of drug-likeness (QED) is 0.171. The topological polar surface area (TPSA) is 0 Å². The SMILES string of the molecule is C=C(C)CC(CCCCCCC)CC(=C)CC(C)CCCCCCC. The van der Waals surface area contributed by atoms with Gasteiger partial charge < -0.3 is 0 Å². The number of rotatable bonds is 18. The Labute approximate surface area is 160 Å². The van der Waals surface area contributed by atoms with Gasteiger partial charge >= 0.3 is 0 Å². The molecule has 0 saturated carbocycles. The van der Waals surface area contributed by atoms with E-state index in [0.717, 1.165) is 11.8 Å². The van der Waals surface area contributed by atoms with Crippen LogP contribution in [0.15, 0.2) is 24.3 Å². The molecule has 0 nitrogen and oxygen atoms in total. The van der Waals surface area contributed by atoms with Gasteiger partial charge in [-0.15, -0.1) is 6.58 Å². The minimum absolute atomic E-state index is 0.781. The molecule has 0 radical (unpaired) electrons. The average Bonchev–Trinajstić information content (AvgIpc) is 2.53. The van der Waals surface area contributed by atoms with Crippen LogP contribution in [0.4, 0.5) is 0 Å². The maximum absolute atomic E-state index is 4.43. The Bertz CT molecular complexity index is 325. The van der Waals surface area contributed by atoms with Crippen molar-refractivity contribution in [2.45, 2.75) is 124 Å². The zero-order valence-electron chi connectivity index (χ0n) is 18.2. The van der Waals surface area contributed by atoms with Crippen molar-refractivity contribution in [1.29, 1.82) is 0 Å². The Balaban J connectivity index is 4.03. The Kier molecular flexibility index (Phi) is 16.6. The van der Waals surface area contributed by atoms with E-state index < -0.39 is 0 Å². The summed E-state index contributed by atoms with van der Waals surface area (Å²) in [5.74, 6) is 1.59. The van der Waals surface area contributed by atoms with Gasteiger partial charge in [-0.05, 0) is 44.4 Å². The van der Waals surface area contributed by atoms with Gasteiger partial charge in [-0.25, -0.2) is 0 Å². The monoisotopic (exact) mass is 348 g/mol. The number of hydrogen-bond acceptors (Lipinski definition) is 0. The van der Waals surface area contributed by atoms with E-state index in [2.05, 4.69) is 40.9 Å². The van der Waals surface area contributed by atoms with Gasteiger partial charge in [0.15, 0.2) is 0 Å². The highest BCUT2D eigenvalue weighted by atomic mass is 14.2. The third-order valence-corrected chi connectivity index (χ3v) is 5.37. The molecule has 0 spiro atoms. The molecule has 0 heterocycles. The smallest absolute Gasteiger partial charge is 0.0291 e. The second-order valence-electron chi connectivity index (χ2n) is 8.70. The molecular formula is C25H48. The first-order valence-corrected chi connectivity index (χ1v) is 11.3. The molecule has 2 unspecified atom stereocenters. The third kappa shape index (κ3) is 16.7. The van der Waals surface area contributed by atoms with Crippen LogP contribution in [0.25, 0.3) is 0 Å². The van der Waals surface area contributed by atoms with Crippen LogP contribution in [0, 0.1) is 11.8 Å². The molecule has 0 rings (SSSR count). The van der Waals surface area contributed by atoms with Gasteiger partial charge in [0.05, 0.1) is 0 Å². The van der Waals surface area contributed by atoms with E-state index in [4.69, 9.17) is 0 Å². The average molecular weight is 349 g/mol. The van der Waals surface area contributed by atoms with Crippen molar-refractivity contribution in [3.8, 4) is 0 Å². The summed E-state index contributed by atoms with van der Waals surface area (Å²) in [6, 6.07) is 0. The molecule has 0 aliphatic heterocycles. The van der Waals surface area contributed by atoms with Crippen molar-refractivity contribution < 1.29 is 0 Å². The molecule has 0 bridgehead atoms. The molecular weight excluding hydrogens is 300 g/mol. The molecule has 0 N–H and O–H groups in total. The lowest BCUT2D eigenvalue weighted by Crippen LogP contribution is -2.05. The zero-order chi connectivity index (χ0) is 18.9. The van der Waals surface area contributed by atoms with Crippen molar-refractivity contribution in [1.82, 2.24) is 0 Å². The van der Waals surface area contributed by atoms with Crippen molar-refractivity contribution in [3.05, 3.63) is 24.3 Å². The van der Waals surface area contributed by atoms with Gasteiger partial charge in [-0.1, -0.05) is 109 Å². The van der Waals surface area contributed by atoms with E-state index in [1.165, 1.54) is 107 Å². The van der Waals surface area contributed by atoms with Crippen molar-refractivity contribution >= 4 is 0 Å². The lowest BCUT2D eigenvalue weighted by Gasteiger charge is -2.20. The fourth-order valence-electron chi connectivity index (χ4n) is 3.99. The van der Waals surface area contributed by atoms with Crippen LogP contribution in [0.3, 0.4) is 0 Å². The lowest BCUT2D eigenvalue weighted by atomic mass is 9.85. The molecule has 0 amide bonds. The summed E-state index contributed by atoms with van der Waals surface area (Å²) in [5, 5.41) is 0. The first-order valence-electron chi connectivity index (χ1n) is 11.3. The highest BCUT2D eigenvalue weighted by Gasteiger charge is 2.13. The van der Waals surface area contributed by atoms with Gasteiger partial charge in [0, 0.05) is 0 Å². The highest BCUT2D eigenvalue weighted by Crippen LogP contribution is 2.28. The first-order chi connectivity index (χ1) is 12.0. The maximum Gasteiger partial charge on any atom is -0.0291 e. The second kappa shape index (κ2) is 16.9. The van der Waals surface area contributed by atoms with Crippen LogP contribution >= 0.6 is 0 Å². The summed E-state index contributed by atoms with van der Waals surface area (Å²) < 4.78 is 0. The Morgan fingerprint density at radius 2 is 1.20 bits per heavy atom. The number of hydrogen-bond donors (Lipinski definition) is 0. The van der Waals surface area contributed by atoms with Crippen LogP contribution in [0.1, 0.15) is 124 Å². The normalized spacial score (nSPS) is 13.6. The van der Waals surface area contributed by atoms with E-state index in [1.807, 2.05) is 0 Å². The Morgan fingerprint density at radius 3 is 1.72 bits per heavy atom. The van der Waals surface area contributed by atoms with Crippen LogP contribution < -0.4 is 0 Å². The fraction of sp³-hybridized carbons (Fsp3) is 0.840. The van der Waals surface area contributed by atoms with Gasteiger partial charge in [-0.3, -0.25) is 0 Å². The summed E-state index contributed by atoms with van der Waals surface area (Å²) in [5.41, 5.74) is 2.83. The summed E-state index contributed by atoms with van der Waals surface area (Å²) in [4.78, 5) is 0. The lowest BCUT2D eigenvalue weighted by molar-refractivity contribution is 0.422. The number of unbranched alkanes of at least 4 members (excludes halogenated alkanes) is 8. The molecule has 0 aliphatic carbocycles.